The van der Waals surface area contributed by atoms with Crippen LogP contribution in [0.2, 0.25) is 0 Å². The molecular weight excluding hydrogens is 422 g/mol. The van der Waals surface area contributed by atoms with Crippen LogP contribution >= 0.6 is 0 Å². The summed E-state index contributed by atoms with van der Waals surface area (Å²) in [6.07, 6.45) is -2.16. The number of carboxylic acids is 3. The fourth-order valence-corrected chi connectivity index (χ4v) is 2.16. The van der Waals surface area contributed by atoms with Crippen LogP contribution < -0.4 is 27.4 Å². The summed E-state index contributed by atoms with van der Waals surface area (Å²) >= 11 is 0. The number of primary amides is 1. The number of nitrogens with one attached hydrogen (secondary N) is 3. The van der Waals surface area contributed by atoms with Gasteiger partial charge in [0.15, 0.2) is 0 Å². The fraction of sp³-hybridized carbons (Fsp3) is 0.562. The molecule has 0 aromatic rings. The maximum absolute atomic E-state index is 12.3. The van der Waals surface area contributed by atoms with Crippen molar-refractivity contribution in [3.05, 3.63) is 0 Å². The van der Waals surface area contributed by atoms with Crippen molar-refractivity contribution in [1.82, 2.24) is 16.0 Å². The van der Waals surface area contributed by atoms with E-state index in [1.54, 1.807) is 0 Å². The summed E-state index contributed by atoms with van der Waals surface area (Å²) in [5.41, 5.74) is 10.5. The minimum atomic E-state index is -1.81. The lowest BCUT2D eigenvalue weighted by atomic mass is 10.1. The lowest BCUT2D eigenvalue weighted by Crippen LogP contribution is -2.54. The molecule has 0 saturated carbocycles. The van der Waals surface area contributed by atoms with E-state index in [0.717, 1.165) is 0 Å². The molecule has 0 aromatic carbocycles. The monoisotopic (exact) mass is 447 g/mol. The summed E-state index contributed by atoms with van der Waals surface area (Å²) < 4.78 is 0. The van der Waals surface area contributed by atoms with E-state index < -0.39 is 85.5 Å². The quantitative estimate of drug-likeness (QED) is 0.120. The predicted molar refractivity (Wildman–Crippen MR) is 100 cm³/mol. The Kier molecular flexibility index (Phi) is 11.8. The molecule has 0 aliphatic rings. The fourth-order valence-electron chi connectivity index (χ4n) is 2.16. The lowest BCUT2D eigenvalue weighted by Gasteiger charge is -2.20. The summed E-state index contributed by atoms with van der Waals surface area (Å²) in [4.78, 5) is 79.3. The highest BCUT2D eigenvalue weighted by molar-refractivity contribution is 5.93. The van der Waals surface area contributed by atoms with Crippen molar-refractivity contribution in [2.75, 3.05) is 6.54 Å². The summed E-state index contributed by atoms with van der Waals surface area (Å²) in [5, 5.41) is 32.6. The second-order valence-corrected chi connectivity index (χ2v) is 6.38. The highest BCUT2D eigenvalue weighted by Gasteiger charge is 2.28. The molecule has 0 saturated heterocycles. The van der Waals surface area contributed by atoms with E-state index in [-0.39, 0.29) is 12.8 Å². The SMILES string of the molecule is NC(=O)CCC(N)C(=O)NCC(=O)NC(CCC(=O)O)C(=O)NC(CC(=O)O)C(=O)O. The lowest BCUT2D eigenvalue weighted by molar-refractivity contribution is -0.147. The van der Waals surface area contributed by atoms with Crippen LogP contribution in [-0.4, -0.2) is 81.5 Å². The van der Waals surface area contributed by atoms with E-state index in [4.69, 9.17) is 26.8 Å². The molecular formula is C16H25N5O10. The second kappa shape index (κ2) is 13.5. The number of carbonyl (C=O) groups is 7. The Labute approximate surface area is 175 Å². The molecule has 3 unspecified atom stereocenters. The van der Waals surface area contributed by atoms with Crippen molar-refractivity contribution in [2.24, 2.45) is 11.5 Å². The van der Waals surface area contributed by atoms with Crippen LogP contribution in [0, 0.1) is 0 Å². The van der Waals surface area contributed by atoms with E-state index in [0.29, 0.717) is 0 Å². The third-order valence-electron chi connectivity index (χ3n) is 3.75. The van der Waals surface area contributed by atoms with Crippen molar-refractivity contribution in [2.45, 2.75) is 50.2 Å². The van der Waals surface area contributed by atoms with Crippen molar-refractivity contribution >= 4 is 41.5 Å². The molecule has 0 bridgehead atoms. The third-order valence-corrected chi connectivity index (χ3v) is 3.75. The number of hydrogen-bond acceptors (Lipinski definition) is 8. The first-order chi connectivity index (χ1) is 14.3. The minimum Gasteiger partial charge on any atom is -0.481 e. The largest absolute Gasteiger partial charge is 0.481 e. The Hall–Kier alpha value is -3.75. The van der Waals surface area contributed by atoms with Crippen LogP contribution in [0.25, 0.3) is 0 Å². The van der Waals surface area contributed by atoms with Gasteiger partial charge >= 0.3 is 17.9 Å². The molecule has 4 amide bonds. The van der Waals surface area contributed by atoms with Crippen LogP contribution in [0.4, 0.5) is 0 Å². The summed E-state index contributed by atoms with van der Waals surface area (Å²) in [6.45, 7) is -0.655. The van der Waals surface area contributed by atoms with Gasteiger partial charge in [0, 0.05) is 12.8 Å². The van der Waals surface area contributed by atoms with Crippen molar-refractivity contribution in [1.29, 1.82) is 0 Å². The van der Waals surface area contributed by atoms with Gasteiger partial charge in [-0.2, -0.15) is 0 Å². The molecule has 0 aliphatic heterocycles. The first-order valence-electron chi connectivity index (χ1n) is 8.91. The number of nitrogens with two attached hydrogens (primary N) is 2. The second-order valence-electron chi connectivity index (χ2n) is 6.38. The summed E-state index contributed by atoms with van der Waals surface area (Å²) in [5.74, 6) is -7.95. The van der Waals surface area contributed by atoms with Gasteiger partial charge in [0.25, 0.3) is 0 Å². The maximum Gasteiger partial charge on any atom is 0.326 e. The molecule has 0 aliphatic carbocycles. The normalized spacial score (nSPS) is 13.2. The Morgan fingerprint density at radius 2 is 1.39 bits per heavy atom. The Bertz CT molecular complexity index is 726. The van der Waals surface area contributed by atoms with Crippen LogP contribution in [0.15, 0.2) is 0 Å². The number of hydrogen-bond donors (Lipinski definition) is 8. The Balaban J connectivity index is 4.95. The van der Waals surface area contributed by atoms with Crippen LogP contribution in [0.5, 0.6) is 0 Å². The maximum atomic E-state index is 12.3. The molecule has 174 valence electrons. The highest BCUT2D eigenvalue weighted by atomic mass is 16.4. The summed E-state index contributed by atoms with van der Waals surface area (Å²) in [6, 6.07) is -4.45. The van der Waals surface area contributed by atoms with Gasteiger partial charge in [0.05, 0.1) is 19.0 Å². The van der Waals surface area contributed by atoms with E-state index in [9.17, 15) is 33.6 Å². The van der Waals surface area contributed by atoms with E-state index in [1.165, 1.54) is 0 Å². The average Bonchev–Trinajstić information content (AvgIpc) is 2.65. The number of carboxylic acid groups (broad SMARTS) is 3. The number of aliphatic carboxylic acids is 3. The van der Waals surface area contributed by atoms with Crippen LogP contribution in [0.3, 0.4) is 0 Å². The minimum absolute atomic E-state index is 0.0629. The van der Waals surface area contributed by atoms with Gasteiger partial charge in [-0.15, -0.1) is 0 Å². The highest BCUT2D eigenvalue weighted by Crippen LogP contribution is 2.01. The first-order valence-corrected chi connectivity index (χ1v) is 8.91. The van der Waals surface area contributed by atoms with Gasteiger partial charge in [0.1, 0.15) is 12.1 Å². The van der Waals surface area contributed by atoms with Crippen molar-refractivity contribution in [3.63, 3.8) is 0 Å². The van der Waals surface area contributed by atoms with Crippen molar-refractivity contribution < 1.29 is 48.9 Å². The van der Waals surface area contributed by atoms with Crippen molar-refractivity contribution in [3.8, 4) is 0 Å². The Morgan fingerprint density at radius 1 is 0.774 bits per heavy atom. The topological polar surface area (TPSA) is 268 Å². The summed E-state index contributed by atoms with van der Waals surface area (Å²) in [7, 11) is 0. The Morgan fingerprint density at radius 3 is 1.87 bits per heavy atom. The zero-order valence-electron chi connectivity index (χ0n) is 16.3. The molecule has 0 spiro atoms. The molecule has 15 heteroatoms. The molecule has 15 nitrogen and oxygen atoms in total. The van der Waals surface area contributed by atoms with E-state index >= 15 is 0 Å². The van der Waals surface area contributed by atoms with Gasteiger partial charge in [-0.25, -0.2) is 4.79 Å². The van der Waals surface area contributed by atoms with Gasteiger partial charge in [-0.3, -0.25) is 28.8 Å². The molecule has 3 atom stereocenters. The van der Waals surface area contributed by atoms with Gasteiger partial charge in [0.2, 0.25) is 23.6 Å². The van der Waals surface area contributed by atoms with Gasteiger partial charge < -0.3 is 42.7 Å². The van der Waals surface area contributed by atoms with E-state index in [1.807, 2.05) is 5.32 Å². The molecule has 0 heterocycles. The molecule has 10 N–H and O–H groups in total. The average molecular weight is 447 g/mol. The standard InChI is InChI=1S/C16H25N5O10/c17-7(1-3-10(18)22)14(28)19-6-11(23)20-8(2-4-12(24)25)15(29)21-9(16(30)31)5-13(26)27/h7-9H,1-6,17H2,(H2,18,22)(H,19,28)(H,20,23)(H,21,29)(H,24,25)(H,26,27)(H,30,31). The predicted octanol–water partition coefficient (Wildman–Crippen LogP) is -3.91. The molecule has 31 heavy (non-hydrogen) atoms. The molecule has 0 fully saturated rings. The smallest absolute Gasteiger partial charge is 0.326 e. The van der Waals surface area contributed by atoms with Gasteiger partial charge in [-0.05, 0) is 12.8 Å². The first kappa shape index (κ1) is 27.2. The number of rotatable bonds is 15. The zero-order chi connectivity index (χ0) is 24.1. The number of amides is 4. The zero-order valence-corrected chi connectivity index (χ0v) is 16.3. The third kappa shape index (κ3) is 12.4. The number of carbonyl (C=O) groups excluding carboxylic acids is 4. The van der Waals surface area contributed by atoms with Crippen LogP contribution in [0.1, 0.15) is 32.1 Å². The van der Waals surface area contributed by atoms with Crippen LogP contribution in [-0.2, 0) is 33.6 Å². The molecule has 0 radical (unpaired) electrons. The van der Waals surface area contributed by atoms with E-state index in [2.05, 4.69) is 10.6 Å². The van der Waals surface area contributed by atoms with Gasteiger partial charge in [-0.1, -0.05) is 0 Å². The molecule has 0 rings (SSSR count). The molecule has 0 aromatic heterocycles.